The summed E-state index contributed by atoms with van der Waals surface area (Å²) in [4.78, 5) is 20.5. The molecule has 0 amide bonds. The molecule has 2 aliphatic rings. The molecule has 1 saturated carbocycles. The van der Waals surface area contributed by atoms with Crippen LogP contribution in [0.4, 0.5) is 0 Å². The first-order valence-electron chi connectivity index (χ1n) is 13.5. The topological polar surface area (TPSA) is 70.6 Å². The molecular formula is C32H32N4O2. The summed E-state index contributed by atoms with van der Waals surface area (Å²) >= 11 is 0. The Kier molecular flexibility index (Phi) is 6.57. The fourth-order valence-electron chi connectivity index (χ4n) is 6.06. The Bertz CT molecular complexity index is 1480. The summed E-state index contributed by atoms with van der Waals surface area (Å²) in [5, 5.41) is 9.10. The van der Waals surface area contributed by atoms with Gasteiger partial charge in [-0.25, -0.2) is 4.98 Å². The van der Waals surface area contributed by atoms with Gasteiger partial charge in [-0.2, -0.15) is 5.26 Å². The first-order chi connectivity index (χ1) is 18.5. The van der Waals surface area contributed by atoms with Gasteiger partial charge in [0.05, 0.1) is 36.7 Å². The summed E-state index contributed by atoms with van der Waals surface area (Å²) in [7, 11) is 0. The van der Waals surface area contributed by atoms with Crippen LogP contribution in [0.2, 0.25) is 0 Å². The molecule has 0 radical (unpaired) electrons. The number of hydrogen-bond donors (Lipinski definition) is 0. The number of imidazole rings is 1. The monoisotopic (exact) mass is 504 g/mol. The van der Waals surface area contributed by atoms with Gasteiger partial charge in [-0.05, 0) is 68.0 Å². The molecule has 38 heavy (non-hydrogen) atoms. The van der Waals surface area contributed by atoms with E-state index in [0.717, 1.165) is 85.6 Å². The van der Waals surface area contributed by atoms with E-state index in [-0.39, 0.29) is 17.2 Å². The second kappa shape index (κ2) is 10.2. The number of aromatic nitrogens is 2. The second-order valence-corrected chi connectivity index (χ2v) is 10.8. The number of ether oxygens (including phenoxy) is 1. The van der Waals surface area contributed by atoms with Crippen LogP contribution in [-0.2, 0) is 4.74 Å². The van der Waals surface area contributed by atoms with Crippen LogP contribution in [0.15, 0.2) is 73.1 Å². The summed E-state index contributed by atoms with van der Waals surface area (Å²) in [5.41, 5.74) is 6.59. The second-order valence-electron chi connectivity index (χ2n) is 10.8. The predicted octanol–water partition coefficient (Wildman–Crippen LogP) is 6.00. The number of hydrogen-bond acceptors (Lipinski definition) is 5. The number of fused-ring (bicyclic) bond motifs is 1. The molecule has 0 spiro atoms. The molecule has 2 aromatic carbocycles. The highest BCUT2D eigenvalue weighted by Crippen LogP contribution is 2.38. The number of ketones is 1. The smallest absolute Gasteiger partial charge is 0.165 e. The Morgan fingerprint density at radius 2 is 1.61 bits per heavy atom. The molecule has 3 heterocycles. The van der Waals surface area contributed by atoms with Crippen LogP contribution in [0, 0.1) is 17.2 Å². The molecule has 6 nitrogen and oxygen atoms in total. The van der Waals surface area contributed by atoms with Gasteiger partial charge in [0, 0.05) is 41.9 Å². The molecule has 0 unspecified atom stereocenters. The lowest BCUT2D eigenvalue weighted by Gasteiger charge is -2.47. The van der Waals surface area contributed by atoms with Crippen molar-refractivity contribution in [3.63, 3.8) is 0 Å². The largest absolute Gasteiger partial charge is 0.379 e. The number of carbonyl (C=O) groups excluding carboxylic acids is 1. The van der Waals surface area contributed by atoms with Crippen molar-refractivity contribution in [2.24, 2.45) is 5.92 Å². The van der Waals surface area contributed by atoms with Crippen molar-refractivity contribution in [1.82, 2.24) is 14.3 Å². The van der Waals surface area contributed by atoms with Crippen LogP contribution >= 0.6 is 0 Å². The Labute approximate surface area is 223 Å². The molecule has 6 rings (SSSR count). The Morgan fingerprint density at radius 1 is 0.947 bits per heavy atom. The van der Waals surface area contributed by atoms with E-state index >= 15 is 0 Å². The van der Waals surface area contributed by atoms with Crippen molar-refractivity contribution in [3.8, 4) is 28.5 Å². The number of carbonyl (C=O) groups is 1. The summed E-state index contributed by atoms with van der Waals surface area (Å²) in [6.45, 7) is 5.98. The highest BCUT2D eigenvalue weighted by molar-refractivity contribution is 5.98. The van der Waals surface area contributed by atoms with Crippen molar-refractivity contribution < 1.29 is 9.53 Å². The Hall–Kier alpha value is -3.79. The van der Waals surface area contributed by atoms with Crippen LogP contribution < -0.4 is 0 Å². The molecule has 1 aliphatic heterocycles. The molecule has 0 atom stereocenters. The van der Waals surface area contributed by atoms with Crippen molar-refractivity contribution in [2.45, 2.75) is 38.1 Å². The summed E-state index contributed by atoms with van der Waals surface area (Å²) < 4.78 is 7.61. The number of rotatable bonds is 5. The van der Waals surface area contributed by atoms with Gasteiger partial charge in [0.25, 0.3) is 0 Å². The minimum absolute atomic E-state index is 0.104. The molecule has 2 fully saturated rings. The molecule has 0 N–H and O–H groups in total. The van der Waals surface area contributed by atoms with Crippen LogP contribution in [0.5, 0.6) is 0 Å². The fourth-order valence-corrected chi connectivity index (χ4v) is 6.06. The molecule has 0 bridgehead atoms. The van der Waals surface area contributed by atoms with Crippen LogP contribution in [0.3, 0.4) is 0 Å². The quantitative estimate of drug-likeness (QED) is 0.312. The minimum Gasteiger partial charge on any atom is -0.379 e. The summed E-state index contributed by atoms with van der Waals surface area (Å²) in [6, 6.07) is 21.8. The van der Waals surface area contributed by atoms with Crippen molar-refractivity contribution in [3.05, 3.63) is 84.2 Å². The van der Waals surface area contributed by atoms with Crippen LogP contribution in [-0.4, -0.2) is 51.9 Å². The van der Waals surface area contributed by atoms with E-state index in [4.69, 9.17) is 10.00 Å². The number of Topliss-reactive ketones (excluding diaryl/α,β-unsaturated/α-hetero) is 1. The molecule has 1 aliphatic carbocycles. The normalized spacial score (nSPS) is 22.3. The number of morpholine rings is 1. The summed E-state index contributed by atoms with van der Waals surface area (Å²) in [5.74, 6) is 0.376. The number of benzene rings is 2. The molecule has 192 valence electrons. The fraction of sp³-hybridized carbons (Fsp3) is 0.344. The molecular weight excluding hydrogens is 472 g/mol. The van der Waals surface area contributed by atoms with Crippen LogP contribution in [0.25, 0.3) is 28.0 Å². The average Bonchev–Trinajstić information content (AvgIpc) is 3.41. The van der Waals surface area contributed by atoms with E-state index in [2.05, 4.69) is 39.5 Å². The van der Waals surface area contributed by atoms with Gasteiger partial charge in [-0.3, -0.25) is 14.1 Å². The van der Waals surface area contributed by atoms with E-state index in [1.54, 1.807) is 0 Å². The lowest BCUT2D eigenvalue weighted by Crippen LogP contribution is -2.53. The SMILES string of the molecule is CC1(N2CCOCC2)CCC(C(=O)c2ccc(-c3ccc4ncc(-c5ccc(C#N)cc5)n4c3)cc2)CC1. The van der Waals surface area contributed by atoms with Gasteiger partial charge in [0.2, 0.25) is 0 Å². The maximum atomic E-state index is 13.4. The lowest BCUT2D eigenvalue weighted by atomic mass is 9.74. The predicted molar refractivity (Wildman–Crippen MR) is 148 cm³/mol. The van der Waals surface area contributed by atoms with Gasteiger partial charge in [-0.1, -0.05) is 36.4 Å². The van der Waals surface area contributed by atoms with Gasteiger partial charge in [-0.15, -0.1) is 0 Å². The van der Waals surface area contributed by atoms with Gasteiger partial charge >= 0.3 is 0 Å². The maximum absolute atomic E-state index is 13.4. The number of nitrogens with zero attached hydrogens (tertiary/aromatic N) is 4. The zero-order chi connectivity index (χ0) is 26.1. The number of pyridine rings is 1. The van der Waals surface area contributed by atoms with Crippen molar-refractivity contribution in [2.75, 3.05) is 26.3 Å². The maximum Gasteiger partial charge on any atom is 0.165 e. The van der Waals surface area contributed by atoms with Crippen molar-refractivity contribution >= 4 is 11.4 Å². The van der Waals surface area contributed by atoms with Crippen molar-refractivity contribution in [1.29, 1.82) is 5.26 Å². The Balaban J connectivity index is 1.17. The average molecular weight is 505 g/mol. The highest BCUT2D eigenvalue weighted by atomic mass is 16.5. The molecule has 6 heteroatoms. The van der Waals surface area contributed by atoms with Gasteiger partial charge < -0.3 is 4.74 Å². The zero-order valence-electron chi connectivity index (χ0n) is 21.8. The molecule has 4 aromatic rings. The third kappa shape index (κ3) is 4.64. The van der Waals surface area contributed by atoms with E-state index in [9.17, 15) is 4.79 Å². The molecule has 1 saturated heterocycles. The Morgan fingerprint density at radius 3 is 2.29 bits per heavy atom. The van der Waals surface area contributed by atoms with E-state index < -0.39 is 0 Å². The first kappa shape index (κ1) is 24.5. The minimum atomic E-state index is 0.104. The third-order valence-corrected chi connectivity index (χ3v) is 8.53. The van der Waals surface area contributed by atoms with E-state index in [0.29, 0.717) is 5.56 Å². The van der Waals surface area contributed by atoms with Gasteiger partial charge in [0.15, 0.2) is 5.78 Å². The van der Waals surface area contributed by atoms with E-state index in [1.807, 2.05) is 60.8 Å². The van der Waals surface area contributed by atoms with Gasteiger partial charge in [0.1, 0.15) is 5.65 Å². The number of nitriles is 1. The first-order valence-corrected chi connectivity index (χ1v) is 13.5. The molecule has 2 aromatic heterocycles. The lowest BCUT2D eigenvalue weighted by molar-refractivity contribution is -0.0335. The third-order valence-electron chi connectivity index (χ3n) is 8.53. The standard InChI is InChI=1S/C32H32N4O2/c1-32(35-16-18-38-19-17-35)14-12-27(13-15-32)31(37)26-8-6-24(7-9-26)28-10-11-30-34-21-29(36(30)22-28)25-4-2-23(20-33)3-5-25/h2-11,21-22,27H,12-19H2,1H3. The van der Waals surface area contributed by atoms with Crippen LogP contribution in [0.1, 0.15) is 48.5 Å². The van der Waals surface area contributed by atoms with E-state index in [1.165, 1.54) is 0 Å². The summed E-state index contributed by atoms with van der Waals surface area (Å²) in [6.07, 6.45) is 7.96. The highest BCUT2D eigenvalue weighted by Gasteiger charge is 2.38. The zero-order valence-corrected chi connectivity index (χ0v) is 21.8.